The molecule has 0 aromatic rings. The van der Waals surface area contributed by atoms with Gasteiger partial charge in [0.25, 0.3) is 0 Å². The van der Waals surface area contributed by atoms with Gasteiger partial charge in [0.1, 0.15) is 25.4 Å². The Morgan fingerprint density at radius 3 is 2.15 bits per heavy atom. The Hall–Kier alpha value is 0.519. The molecule has 2 unspecified atom stereocenters. The molecule has 0 aromatic heterocycles. The van der Waals surface area contributed by atoms with Crippen LogP contribution in [0.15, 0.2) is 22.8 Å². The number of hydrogen-bond acceptors (Lipinski definition) is 11. The Kier molecular flexibility index (Phi) is 19.5. The molecule has 3 rings (SSSR count). The van der Waals surface area contributed by atoms with Gasteiger partial charge in [0, 0.05) is 63.4 Å². The molecular weight excluding hydrogens is 681 g/mol. The quantitative estimate of drug-likeness (QED) is 0.0973. The van der Waals surface area contributed by atoms with Crippen molar-refractivity contribution in [1.82, 2.24) is 26.6 Å². The zero-order chi connectivity index (χ0) is 28.5. The third kappa shape index (κ3) is 13.6. The average molecular weight is 728 g/mol. The molecule has 0 saturated carbocycles. The molecule has 229 valence electrons. The fraction of sp³-hybridized carbons (Fsp3) is 0.840. The van der Waals surface area contributed by atoms with Gasteiger partial charge in [-0.25, -0.2) is 19.6 Å². The summed E-state index contributed by atoms with van der Waals surface area (Å²) in [5.41, 5.74) is 3.14. The first-order valence-corrected chi connectivity index (χ1v) is 19.2. The molecule has 5 N–H and O–H groups in total. The Morgan fingerprint density at radius 2 is 1.44 bits per heavy atom. The molecule has 0 aliphatic carbocycles. The van der Waals surface area contributed by atoms with Crippen molar-refractivity contribution in [2.45, 2.75) is 57.1 Å². The molecule has 0 aromatic carbocycles. The summed E-state index contributed by atoms with van der Waals surface area (Å²) in [7, 11) is 3.00. The fourth-order valence-electron chi connectivity index (χ4n) is 4.62. The van der Waals surface area contributed by atoms with Crippen molar-refractivity contribution in [2.75, 3.05) is 79.9 Å². The van der Waals surface area contributed by atoms with E-state index in [0.29, 0.717) is 55.9 Å². The zero-order valence-corrected chi connectivity index (χ0v) is 28.0. The van der Waals surface area contributed by atoms with Gasteiger partial charge in [-0.1, -0.05) is 0 Å². The summed E-state index contributed by atoms with van der Waals surface area (Å²) >= 11 is 6.88. The molecule has 39 heavy (non-hydrogen) atoms. The van der Waals surface area contributed by atoms with Crippen LogP contribution in [0.5, 0.6) is 0 Å². The summed E-state index contributed by atoms with van der Waals surface area (Å²) in [5.74, 6) is 0. The van der Waals surface area contributed by atoms with Crippen LogP contribution in [-0.4, -0.2) is 116 Å². The molecule has 3 heterocycles. The molecule has 0 radical (unpaired) electrons. The number of ether oxygens (including phenoxy) is 2. The fourth-order valence-corrected chi connectivity index (χ4v) is 4.62. The molecule has 14 heteroatoms. The number of hydrogen-bond donors (Lipinski definition) is 5. The average Bonchev–Trinajstić information content (AvgIpc) is 3.48. The van der Waals surface area contributed by atoms with Gasteiger partial charge in [-0.05, 0) is 43.6 Å². The molecular formula is C25H47Br2MnN5O6. The maximum absolute atomic E-state index is 6.21. The molecule has 2 bridgehead atoms. The third-order valence-electron chi connectivity index (χ3n) is 6.75. The van der Waals surface area contributed by atoms with Crippen LogP contribution in [0.3, 0.4) is 0 Å². The van der Waals surface area contributed by atoms with E-state index in [1.807, 2.05) is 0 Å². The van der Waals surface area contributed by atoms with E-state index in [4.69, 9.17) is 29.0 Å². The van der Waals surface area contributed by atoms with E-state index in [1.165, 1.54) is 14.2 Å². The van der Waals surface area contributed by atoms with Crippen molar-refractivity contribution in [2.24, 2.45) is 0 Å². The summed E-state index contributed by atoms with van der Waals surface area (Å²) in [6, 6.07) is 1.35. The monoisotopic (exact) mass is 726 g/mol. The topological polar surface area (TPSA) is 116 Å². The van der Waals surface area contributed by atoms with Gasteiger partial charge in [0.2, 0.25) is 0 Å². The van der Waals surface area contributed by atoms with E-state index in [1.54, 1.807) is 0 Å². The minimum atomic E-state index is -0.175. The molecule has 0 amide bonds. The van der Waals surface area contributed by atoms with Crippen molar-refractivity contribution in [3.63, 3.8) is 0 Å². The number of fused-ring (bicyclic) bond motifs is 2. The normalized spacial score (nSPS) is 30.8. The van der Waals surface area contributed by atoms with Crippen LogP contribution in [0.1, 0.15) is 20.8 Å². The van der Waals surface area contributed by atoms with Gasteiger partial charge in [-0.15, -0.1) is 0 Å². The van der Waals surface area contributed by atoms with Crippen LogP contribution in [0.25, 0.3) is 0 Å². The van der Waals surface area contributed by atoms with E-state index >= 15 is 0 Å². The maximum atomic E-state index is 6.21. The van der Waals surface area contributed by atoms with Crippen LogP contribution in [0.2, 0.25) is 0 Å². The zero-order valence-electron chi connectivity index (χ0n) is 23.7. The Morgan fingerprint density at radius 1 is 0.821 bits per heavy atom. The van der Waals surface area contributed by atoms with E-state index in [-0.39, 0.29) is 18.2 Å². The van der Waals surface area contributed by atoms with Crippen LogP contribution < -0.4 is 26.6 Å². The predicted octanol–water partition coefficient (Wildman–Crippen LogP) is 1.35. The summed E-state index contributed by atoms with van der Waals surface area (Å²) < 4.78 is 12.4. The first kappa shape index (κ1) is 35.7. The Balaban J connectivity index is 0.00000170. The SMILES string of the molecule is COOCC1=C(COOC)C2OC1C=C2COC[C@H]1CN[C@H](C)CN[C@@H](C)CNCCN[C@@H](C)CN1.[Br][Mn][Br]. The van der Waals surface area contributed by atoms with Gasteiger partial charge in [0.05, 0.1) is 27.4 Å². The van der Waals surface area contributed by atoms with Crippen LogP contribution in [0, 0.1) is 0 Å². The molecule has 3 aliphatic rings. The number of rotatable bonds is 10. The standard InChI is InChI=1S/C25H47N5O6.2BrH.Mn/c1-17-9-26-6-7-27-18(2)11-30-21(12-29-19(3)10-28-17)14-33-13-20-8-24-22(15-34-31-4)23(16-35-32-5)25(20)36-24;;;/h8,17-19,21,24-30H,6-7,9-16H2,1-5H3;2*1H;/q;;;+2/p-2/t17-,18-,19+,21+,24?,25?;;;/m0.../s1. The Labute approximate surface area is 254 Å². The molecule has 6 atom stereocenters. The molecule has 3 aliphatic heterocycles. The molecule has 1 saturated heterocycles. The summed E-state index contributed by atoms with van der Waals surface area (Å²) in [4.78, 5) is 20.0. The second-order valence-corrected chi connectivity index (χ2v) is 15.9. The van der Waals surface area contributed by atoms with Crippen LogP contribution in [-0.2, 0) is 40.4 Å². The van der Waals surface area contributed by atoms with E-state index in [2.05, 4.69) is 81.7 Å². The van der Waals surface area contributed by atoms with Gasteiger partial charge in [-0.2, -0.15) is 0 Å². The van der Waals surface area contributed by atoms with Crippen molar-refractivity contribution < 1.29 is 40.4 Å². The van der Waals surface area contributed by atoms with E-state index < -0.39 is 0 Å². The van der Waals surface area contributed by atoms with Gasteiger partial charge in [0.15, 0.2) is 0 Å². The predicted molar refractivity (Wildman–Crippen MR) is 155 cm³/mol. The summed E-state index contributed by atoms with van der Waals surface area (Å²) in [6.45, 7) is 13.9. The molecule has 0 spiro atoms. The van der Waals surface area contributed by atoms with Crippen molar-refractivity contribution in [3.8, 4) is 0 Å². The first-order valence-electron chi connectivity index (χ1n) is 13.4. The van der Waals surface area contributed by atoms with Crippen LogP contribution >= 0.6 is 28.2 Å². The summed E-state index contributed by atoms with van der Waals surface area (Å²) in [6.07, 6.45) is 1.80. The second kappa shape index (κ2) is 21.2. The van der Waals surface area contributed by atoms with Crippen LogP contribution in [0.4, 0.5) is 0 Å². The van der Waals surface area contributed by atoms with Gasteiger partial charge < -0.3 is 36.1 Å². The Bertz CT molecular complexity index is 741. The van der Waals surface area contributed by atoms with Crippen molar-refractivity contribution in [3.05, 3.63) is 22.8 Å². The van der Waals surface area contributed by atoms with Gasteiger partial charge in [-0.3, -0.25) is 0 Å². The van der Waals surface area contributed by atoms with E-state index in [0.717, 1.165) is 56.0 Å². The number of halogens is 2. The van der Waals surface area contributed by atoms with Crippen molar-refractivity contribution in [1.29, 1.82) is 0 Å². The van der Waals surface area contributed by atoms with E-state index in [9.17, 15) is 0 Å². The minimum absolute atomic E-state index is 0.144. The first-order chi connectivity index (χ1) is 18.9. The molecule has 1 fully saturated rings. The van der Waals surface area contributed by atoms with Gasteiger partial charge >= 0.3 is 39.6 Å². The number of nitrogens with one attached hydrogen (secondary N) is 5. The van der Waals surface area contributed by atoms with Crippen molar-refractivity contribution >= 4 is 28.2 Å². The molecule has 11 nitrogen and oxygen atoms in total. The third-order valence-corrected chi connectivity index (χ3v) is 6.75. The summed E-state index contributed by atoms with van der Waals surface area (Å²) in [5, 5.41) is 18.0. The second-order valence-electron chi connectivity index (χ2n) is 9.94.